The molecule has 0 unspecified atom stereocenters. The Morgan fingerprint density at radius 1 is 1.12 bits per heavy atom. The van der Waals surface area contributed by atoms with E-state index < -0.39 is 43.7 Å². The molecule has 0 saturated heterocycles. The molecule has 222 valence electrons. The Hall–Kier alpha value is -3.05. The highest BCUT2D eigenvalue weighted by atomic mass is 31.2. The zero-order chi connectivity index (χ0) is 29.9. The molecule has 2 aromatic heterocycles. The van der Waals surface area contributed by atoms with Crippen molar-refractivity contribution in [2.24, 2.45) is 0 Å². The number of rotatable bonds is 1. The zero-order valence-electron chi connectivity index (χ0n) is 23.1. The zero-order valence-corrected chi connectivity index (χ0v) is 24.0. The quantitative estimate of drug-likeness (QED) is 0.293. The molecule has 3 aliphatic rings. The Labute approximate surface area is 234 Å². The van der Waals surface area contributed by atoms with Crippen LogP contribution in [-0.4, -0.2) is 89.2 Å². The van der Waals surface area contributed by atoms with Gasteiger partial charge in [0, 0.05) is 60.7 Å². The number of carbonyl (C=O) groups is 1. The van der Waals surface area contributed by atoms with Crippen molar-refractivity contribution in [1.29, 1.82) is 0 Å². The van der Waals surface area contributed by atoms with Gasteiger partial charge in [-0.1, -0.05) is 6.07 Å². The van der Waals surface area contributed by atoms with Crippen LogP contribution in [-0.2, 0) is 10.7 Å². The summed E-state index contributed by atoms with van der Waals surface area (Å²) in [4.78, 5) is 27.4. The maximum absolute atomic E-state index is 15.0. The summed E-state index contributed by atoms with van der Waals surface area (Å²) in [6.07, 6.45) is -1.52. The van der Waals surface area contributed by atoms with Crippen LogP contribution in [0.25, 0.3) is 22.2 Å². The second kappa shape index (κ2) is 10.3. The van der Waals surface area contributed by atoms with E-state index in [2.05, 4.69) is 20.3 Å². The van der Waals surface area contributed by atoms with Gasteiger partial charge in [-0.25, -0.2) is 18.7 Å². The number of carbonyl (C=O) groups excluding carboxylic acids is 1. The summed E-state index contributed by atoms with van der Waals surface area (Å²) in [7, 11) is -0.184. The Morgan fingerprint density at radius 2 is 1.85 bits per heavy atom. The van der Waals surface area contributed by atoms with E-state index in [1.54, 1.807) is 11.9 Å². The molecule has 1 saturated carbocycles. The van der Waals surface area contributed by atoms with Crippen LogP contribution in [0.1, 0.15) is 41.6 Å². The summed E-state index contributed by atoms with van der Waals surface area (Å²) >= 11 is 0. The fraction of sp³-hybridized carbons (Fsp3) is 0.519. The van der Waals surface area contributed by atoms with E-state index in [-0.39, 0.29) is 52.2 Å². The first-order valence-corrected chi connectivity index (χ1v) is 15.9. The summed E-state index contributed by atoms with van der Waals surface area (Å²) in [5.41, 5.74) is -1.02. The minimum atomic E-state index is -4.76. The second-order valence-corrected chi connectivity index (χ2v) is 14.6. The summed E-state index contributed by atoms with van der Waals surface area (Å²) in [6, 6.07) is 2.48. The monoisotopic (exact) mass is 598 g/mol. The predicted octanol–water partition coefficient (Wildman–Crippen LogP) is 5.27. The van der Waals surface area contributed by atoms with Gasteiger partial charge in [0.1, 0.15) is 12.7 Å². The van der Waals surface area contributed by atoms with E-state index in [4.69, 9.17) is 0 Å². The first-order chi connectivity index (χ1) is 19.0. The number of amides is 1. The molecule has 2 aliphatic heterocycles. The molecular weight excluding hydrogens is 566 g/mol. The van der Waals surface area contributed by atoms with E-state index >= 15 is 8.78 Å². The SMILES string of the molecule is CN1CCC(F)(F)CN(C)[C@H]2CC[C@@H](C2)Nc2ncc(C(F)(F)F)c(n2)-c2c[nH]c3c(P(C)(C)=O)c(ccc23)C1=O. The molecule has 1 aliphatic carbocycles. The third kappa shape index (κ3) is 5.83. The molecule has 14 heteroatoms. The molecule has 41 heavy (non-hydrogen) atoms. The van der Waals surface area contributed by atoms with E-state index in [1.165, 1.54) is 43.6 Å². The van der Waals surface area contributed by atoms with Gasteiger partial charge < -0.3 is 19.8 Å². The van der Waals surface area contributed by atoms with E-state index in [9.17, 15) is 22.5 Å². The topological polar surface area (TPSA) is 94.2 Å². The van der Waals surface area contributed by atoms with Gasteiger partial charge in [-0.15, -0.1) is 0 Å². The number of hydrogen-bond donors (Lipinski definition) is 2. The molecule has 4 heterocycles. The van der Waals surface area contributed by atoms with Gasteiger partial charge in [0.2, 0.25) is 5.95 Å². The lowest BCUT2D eigenvalue weighted by molar-refractivity contribution is -0.137. The van der Waals surface area contributed by atoms with Crippen LogP contribution in [0.2, 0.25) is 0 Å². The van der Waals surface area contributed by atoms with Gasteiger partial charge in [0.05, 0.1) is 23.3 Å². The first kappa shape index (κ1) is 29.4. The number of halogens is 5. The number of anilines is 1. The predicted molar refractivity (Wildman–Crippen MR) is 148 cm³/mol. The maximum atomic E-state index is 15.0. The van der Waals surface area contributed by atoms with E-state index in [0.29, 0.717) is 24.6 Å². The Bertz CT molecular complexity index is 1530. The van der Waals surface area contributed by atoms with Crippen LogP contribution < -0.4 is 10.6 Å². The molecule has 2 N–H and O–H groups in total. The van der Waals surface area contributed by atoms with Crippen molar-refractivity contribution in [3.05, 3.63) is 35.7 Å². The van der Waals surface area contributed by atoms with Gasteiger partial charge in [-0.05, 0) is 45.7 Å². The van der Waals surface area contributed by atoms with Crippen LogP contribution in [0.4, 0.5) is 27.9 Å². The molecule has 1 amide bonds. The van der Waals surface area contributed by atoms with E-state index in [0.717, 1.165) is 6.20 Å². The number of alkyl halides is 5. The molecule has 1 aromatic carbocycles. The number of benzene rings is 1. The normalized spacial score (nSPS) is 22.6. The van der Waals surface area contributed by atoms with Crippen molar-refractivity contribution in [3.63, 3.8) is 0 Å². The van der Waals surface area contributed by atoms with Gasteiger partial charge >= 0.3 is 6.18 Å². The van der Waals surface area contributed by atoms with Crippen molar-refractivity contribution in [2.75, 3.05) is 45.8 Å². The molecular formula is C27H32F5N6O2P. The molecule has 3 aromatic rings. The highest BCUT2D eigenvalue weighted by Gasteiger charge is 2.39. The molecule has 8 bridgehead atoms. The lowest BCUT2D eigenvalue weighted by Crippen LogP contribution is -2.42. The number of hydrogen-bond acceptors (Lipinski definition) is 6. The number of aromatic nitrogens is 3. The van der Waals surface area contributed by atoms with Crippen molar-refractivity contribution in [1.82, 2.24) is 24.8 Å². The molecule has 6 rings (SSSR count). The lowest BCUT2D eigenvalue weighted by Gasteiger charge is -2.30. The van der Waals surface area contributed by atoms with Gasteiger partial charge in [-0.3, -0.25) is 9.69 Å². The summed E-state index contributed by atoms with van der Waals surface area (Å²) < 4.78 is 85.9. The van der Waals surface area contributed by atoms with Crippen LogP contribution in [0.3, 0.4) is 0 Å². The summed E-state index contributed by atoms with van der Waals surface area (Å²) in [5.74, 6) is -3.69. The van der Waals surface area contributed by atoms with Crippen LogP contribution >= 0.6 is 7.14 Å². The summed E-state index contributed by atoms with van der Waals surface area (Å²) in [5, 5.41) is 3.54. The first-order valence-electron chi connectivity index (χ1n) is 13.3. The number of aromatic amines is 1. The van der Waals surface area contributed by atoms with E-state index in [1.807, 2.05) is 0 Å². The van der Waals surface area contributed by atoms with Gasteiger partial charge in [-0.2, -0.15) is 13.2 Å². The fourth-order valence-electron chi connectivity index (χ4n) is 5.86. The second-order valence-electron chi connectivity index (χ2n) is 11.4. The molecule has 1 fully saturated rings. The van der Waals surface area contributed by atoms with Crippen LogP contribution in [0, 0.1) is 0 Å². The number of nitrogens with zero attached hydrogens (tertiary/aromatic N) is 4. The van der Waals surface area contributed by atoms with Crippen molar-refractivity contribution < 1.29 is 31.3 Å². The Kier molecular flexibility index (Phi) is 7.43. The highest BCUT2D eigenvalue weighted by molar-refractivity contribution is 7.70. The Morgan fingerprint density at radius 3 is 2.54 bits per heavy atom. The summed E-state index contributed by atoms with van der Waals surface area (Å²) in [6.45, 7) is 2.15. The largest absolute Gasteiger partial charge is 0.419 e. The van der Waals surface area contributed by atoms with Crippen molar-refractivity contribution >= 4 is 35.2 Å². The number of nitrogens with one attached hydrogen (secondary N) is 2. The van der Waals surface area contributed by atoms with Crippen LogP contribution in [0.15, 0.2) is 24.5 Å². The average Bonchev–Trinajstić information content (AvgIpc) is 3.51. The lowest BCUT2D eigenvalue weighted by atomic mass is 10.0. The van der Waals surface area contributed by atoms with Crippen molar-refractivity contribution in [2.45, 2.75) is 49.9 Å². The number of H-pyrrole nitrogens is 1. The molecule has 8 nitrogen and oxygen atoms in total. The third-order valence-electron chi connectivity index (χ3n) is 7.95. The number of fused-ring (bicyclic) bond motifs is 7. The Balaban J connectivity index is 1.71. The maximum Gasteiger partial charge on any atom is 0.419 e. The minimum Gasteiger partial charge on any atom is -0.360 e. The average molecular weight is 599 g/mol. The molecule has 2 atom stereocenters. The smallest absolute Gasteiger partial charge is 0.360 e. The minimum absolute atomic E-state index is 0.01000. The molecule has 0 spiro atoms. The van der Waals surface area contributed by atoms with Crippen molar-refractivity contribution in [3.8, 4) is 11.3 Å². The highest BCUT2D eigenvalue weighted by Crippen LogP contribution is 2.43. The third-order valence-corrected chi connectivity index (χ3v) is 9.49. The van der Waals surface area contributed by atoms with Crippen LogP contribution in [0.5, 0.6) is 0 Å². The van der Waals surface area contributed by atoms with Gasteiger partial charge in [0.25, 0.3) is 11.8 Å². The molecule has 0 radical (unpaired) electrons. The fourth-order valence-corrected chi connectivity index (χ4v) is 7.33. The van der Waals surface area contributed by atoms with Gasteiger partial charge in [0.15, 0.2) is 0 Å². The standard InChI is InChI=1S/C27H32F5N6O2P/c1-37-10-9-26(28,29)14-38(2)16-6-5-15(11-16)35-25-34-13-20(27(30,31)32)21(36-25)19-12-33-22-17(19)7-8-18(24(37)39)23(22)41(3,4)40/h7-8,12-13,15-16,33H,5-6,9-11,14H2,1-4H3,(H,34,35,36)/t15-,16-/m0/s1.